The van der Waals surface area contributed by atoms with Gasteiger partial charge in [0.1, 0.15) is 5.82 Å². The van der Waals surface area contributed by atoms with Crippen LogP contribution in [0.1, 0.15) is 20.3 Å². The molecule has 1 aromatic rings. The molecule has 0 aliphatic heterocycles. The van der Waals surface area contributed by atoms with Gasteiger partial charge in [0.15, 0.2) is 0 Å². The number of hydrogen-bond acceptors (Lipinski definition) is 5. The van der Waals surface area contributed by atoms with E-state index in [1.807, 2.05) is 4.68 Å². The van der Waals surface area contributed by atoms with Gasteiger partial charge in [0.25, 0.3) is 0 Å². The Hall–Kier alpha value is -1.27. The maximum atomic E-state index is 5.86. The van der Waals surface area contributed by atoms with E-state index >= 15 is 0 Å². The van der Waals surface area contributed by atoms with E-state index in [0.717, 1.165) is 12.2 Å². The summed E-state index contributed by atoms with van der Waals surface area (Å²) in [5.41, 5.74) is 17.4. The Kier molecular flexibility index (Phi) is 4.14. The third-order valence-corrected chi connectivity index (χ3v) is 2.56. The highest BCUT2D eigenvalue weighted by atomic mass is 15.4. The van der Waals surface area contributed by atoms with Crippen molar-refractivity contribution in [3.63, 3.8) is 0 Å². The summed E-state index contributed by atoms with van der Waals surface area (Å²) < 4.78 is 1.88. The summed E-state index contributed by atoms with van der Waals surface area (Å²) in [5.74, 6) is 0.823. The van der Waals surface area contributed by atoms with Gasteiger partial charge in [-0.3, -0.25) is 0 Å². The molecule has 0 atom stereocenters. The summed E-state index contributed by atoms with van der Waals surface area (Å²) in [6.07, 6.45) is 2.49. The molecule has 0 saturated carbocycles. The molecule has 1 aromatic heterocycles. The van der Waals surface area contributed by atoms with Crippen molar-refractivity contribution in [3.8, 4) is 0 Å². The van der Waals surface area contributed by atoms with Crippen LogP contribution in [0, 0.1) is 0 Å². The number of nitrogens with one attached hydrogen (secondary N) is 1. The standard InChI is InChI=1S/C10H22N6/c1-10(2,3-4-11)16-9(14-6-5-12)8(13)7-15-16/h7,14H,3-6,11-13H2,1-2H3. The Balaban J connectivity index is 2.94. The molecule has 0 aliphatic carbocycles. The summed E-state index contributed by atoms with van der Waals surface area (Å²) in [4.78, 5) is 0. The highest BCUT2D eigenvalue weighted by Crippen LogP contribution is 2.27. The maximum Gasteiger partial charge on any atom is 0.148 e. The lowest BCUT2D eigenvalue weighted by Crippen LogP contribution is -2.32. The molecule has 0 radical (unpaired) electrons. The highest BCUT2D eigenvalue weighted by Gasteiger charge is 2.24. The predicted molar refractivity (Wildman–Crippen MR) is 67.2 cm³/mol. The van der Waals surface area contributed by atoms with Crippen LogP contribution in [0.2, 0.25) is 0 Å². The second-order valence-corrected chi connectivity index (χ2v) is 4.43. The van der Waals surface area contributed by atoms with Crippen molar-refractivity contribution in [2.45, 2.75) is 25.8 Å². The molecule has 0 unspecified atom stereocenters. The third-order valence-electron chi connectivity index (χ3n) is 2.56. The molecule has 0 aliphatic rings. The van der Waals surface area contributed by atoms with Gasteiger partial charge in [0, 0.05) is 13.1 Å². The lowest BCUT2D eigenvalue weighted by Gasteiger charge is -2.27. The van der Waals surface area contributed by atoms with Crippen LogP contribution >= 0.6 is 0 Å². The van der Waals surface area contributed by atoms with E-state index in [1.54, 1.807) is 6.20 Å². The molecule has 1 rings (SSSR count). The van der Waals surface area contributed by atoms with Gasteiger partial charge in [-0.05, 0) is 26.8 Å². The van der Waals surface area contributed by atoms with Crippen molar-refractivity contribution in [1.82, 2.24) is 9.78 Å². The Bertz CT molecular complexity index is 330. The van der Waals surface area contributed by atoms with Crippen LogP contribution in [0.5, 0.6) is 0 Å². The fraction of sp³-hybridized carbons (Fsp3) is 0.700. The molecule has 6 nitrogen and oxygen atoms in total. The topological polar surface area (TPSA) is 108 Å². The minimum Gasteiger partial charge on any atom is -0.394 e. The van der Waals surface area contributed by atoms with Crippen LogP contribution in [-0.4, -0.2) is 29.4 Å². The zero-order valence-corrected chi connectivity index (χ0v) is 10.0. The van der Waals surface area contributed by atoms with Crippen LogP contribution in [-0.2, 0) is 5.54 Å². The first kappa shape index (κ1) is 12.8. The molecular weight excluding hydrogens is 204 g/mol. The molecule has 92 valence electrons. The van der Waals surface area contributed by atoms with Crippen LogP contribution in [0.4, 0.5) is 11.5 Å². The Morgan fingerprint density at radius 2 is 2.06 bits per heavy atom. The van der Waals surface area contributed by atoms with E-state index in [-0.39, 0.29) is 5.54 Å². The van der Waals surface area contributed by atoms with Crippen LogP contribution in [0.3, 0.4) is 0 Å². The van der Waals surface area contributed by atoms with E-state index in [4.69, 9.17) is 17.2 Å². The van der Waals surface area contributed by atoms with Gasteiger partial charge in [0.05, 0.1) is 17.4 Å². The minimum atomic E-state index is -0.150. The third kappa shape index (κ3) is 2.65. The number of anilines is 2. The van der Waals surface area contributed by atoms with Crippen LogP contribution in [0.25, 0.3) is 0 Å². The van der Waals surface area contributed by atoms with Crippen LogP contribution < -0.4 is 22.5 Å². The fourth-order valence-corrected chi connectivity index (χ4v) is 1.65. The Labute approximate surface area is 96.2 Å². The molecule has 0 fully saturated rings. The quantitative estimate of drug-likeness (QED) is 0.542. The van der Waals surface area contributed by atoms with E-state index in [0.29, 0.717) is 25.3 Å². The molecule has 16 heavy (non-hydrogen) atoms. The van der Waals surface area contributed by atoms with Crippen molar-refractivity contribution in [1.29, 1.82) is 0 Å². The smallest absolute Gasteiger partial charge is 0.148 e. The molecule has 0 aromatic carbocycles. The van der Waals surface area contributed by atoms with Gasteiger partial charge in [-0.15, -0.1) is 0 Å². The molecule has 0 saturated heterocycles. The van der Waals surface area contributed by atoms with Crippen molar-refractivity contribution in [2.75, 3.05) is 30.7 Å². The second kappa shape index (κ2) is 5.18. The first-order valence-corrected chi connectivity index (χ1v) is 5.51. The van der Waals surface area contributed by atoms with E-state index < -0.39 is 0 Å². The molecule has 1 heterocycles. The number of aromatic nitrogens is 2. The number of rotatable bonds is 6. The lowest BCUT2D eigenvalue weighted by molar-refractivity contribution is 0.304. The van der Waals surface area contributed by atoms with Gasteiger partial charge in [-0.1, -0.05) is 0 Å². The summed E-state index contributed by atoms with van der Waals surface area (Å²) in [5, 5.41) is 7.48. The summed E-state index contributed by atoms with van der Waals surface area (Å²) in [6, 6.07) is 0. The number of nitrogen functional groups attached to an aromatic ring is 1. The van der Waals surface area contributed by atoms with Gasteiger partial charge < -0.3 is 22.5 Å². The molecule has 6 heteroatoms. The number of nitrogens with zero attached hydrogens (tertiary/aromatic N) is 2. The van der Waals surface area contributed by atoms with E-state index in [1.165, 1.54) is 0 Å². The van der Waals surface area contributed by atoms with Crippen molar-refractivity contribution < 1.29 is 0 Å². The van der Waals surface area contributed by atoms with Gasteiger partial charge in [-0.25, -0.2) is 4.68 Å². The number of hydrogen-bond donors (Lipinski definition) is 4. The largest absolute Gasteiger partial charge is 0.394 e. The highest BCUT2D eigenvalue weighted by molar-refractivity contribution is 5.61. The zero-order chi connectivity index (χ0) is 12.2. The lowest BCUT2D eigenvalue weighted by atomic mass is 10.0. The minimum absolute atomic E-state index is 0.150. The molecule has 0 amide bonds. The Morgan fingerprint density at radius 1 is 1.38 bits per heavy atom. The van der Waals surface area contributed by atoms with Crippen molar-refractivity contribution in [2.24, 2.45) is 11.5 Å². The maximum absolute atomic E-state index is 5.86. The van der Waals surface area contributed by atoms with Crippen LogP contribution in [0.15, 0.2) is 6.20 Å². The van der Waals surface area contributed by atoms with E-state index in [9.17, 15) is 0 Å². The molecule has 0 bridgehead atoms. The second-order valence-electron chi connectivity index (χ2n) is 4.43. The molecular formula is C10H22N6. The predicted octanol–water partition coefficient (Wildman–Crippen LogP) is -0.0802. The fourth-order valence-electron chi connectivity index (χ4n) is 1.65. The Morgan fingerprint density at radius 3 is 2.62 bits per heavy atom. The molecule has 7 N–H and O–H groups in total. The van der Waals surface area contributed by atoms with Crippen molar-refractivity contribution >= 4 is 11.5 Å². The SMILES string of the molecule is CC(C)(CCN)n1ncc(N)c1NCCN. The first-order valence-electron chi connectivity index (χ1n) is 5.51. The molecule has 0 spiro atoms. The first-order chi connectivity index (χ1) is 7.53. The van der Waals surface area contributed by atoms with Gasteiger partial charge >= 0.3 is 0 Å². The average Bonchev–Trinajstić information content (AvgIpc) is 2.57. The summed E-state index contributed by atoms with van der Waals surface area (Å²) >= 11 is 0. The average molecular weight is 226 g/mol. The zero-order valence-electron chi connectivity index (χ0n) is 10.0. The monoisotopic (exact) mass is 226 g/mol. The van der Waals surface area contributed by atoms with Gasteiger partial charge in [-0.2, -0.15) is 5.10 Å². The summed E-state index contributed by atoms with van der Waals surface area (Å²) in [7, 11) is 0. The summed E-state index contributed by atoms with van der Waals surface area (Å²) in [6.45, 7) is 6.01. The van der Waals surface area contributed by atoms with E-state index in [2.05, 4.69) is 24.3 Å². The van der Waals surface area contributed by atoms with Crippen molar-refractivity contribution in [3.05, 3.63) is 6.20 Å². The van der Waals surface area contributed by atoms with Gasteiger partial charge in [0.2, 0.25) is 0 Å². The normalized spacial score (nSPS) is 11.8. The number of nitrogens with two attached hydrogens (primary N) is 3.